The Labute approximate surface area is 216 Å². The molecule has 14 heteroatoms. The summed E-state index contributed by atoms with van der Waals surface area (Å²) >= 11 is 0. The summed E-state index contributed by atoms with van der Waals surface area (Å²) in [7, 11) is -3.87. The molecule has 1 fully saturated rings. The highest BCUT2D eigenvalue weighted by atomic mass is 31.2. The maximum absolute atomic E-state index is 13.8. The lowest BCUT2D eigenvalue weighted by atomic mass is 10.1. The third-order valence-corrected chi connectivity index (χ3v) is 7.74. The Bertz CT molecular complexity index is 1120. The van der Waals surface area contributed by atoms with Crippen LogP contribution in [0.3, 0.4) is 0 Å². The zero-order chi connectivity index (χ0) is 27.1. The van der Waals surface area contributed by atoms with Crippen molar-refractivity contribution in [2.45, 2.75) is 84.1 Å². The first-order chi connectivity index (χ1) is 17.5. The molecule has 0 radical (unpaired) electrons. The first kappa shape index (κ1) is 29.0. The third-order valence-electron chi connectivity index (χ3n) is 5.80. The molecule has 3 N–H and O–H groups in total. The van der Waals surface area contributed by atoms with E-state index in [2.05, 4.69) is 20.0 Å². The second kappa shape index (κ2) is 12.8. The van der Waals surface area contributed by atoms with Gasteiger partial charge in [-0.15, -0.1) is 0 Å². The molecular formula is C23H37N6O7P. The number of hydrogen-bond donors (Lipinski definition) is 2. The van der Waals surface area contributed by atoms with Gasteiger partial charge in [-0.05, 0) is 52.9 Å². The van der Waals surface area contributed by atoms with Crippen molar-refractivity contribution >= 4 is 36.4 Å². The molecule has 0 bridgehead atoms. The molecule has 0 amide bonds. The number of aromatic nitrogens is 4. The van der Waals surface area contributed by atoms with E-state index in [1.54, 1.807) is 17.8 Å². The average molecular weight is 541 g/mol. The second-order valence-electron chi connectivity index (χ2n) is 9.65. The maximum Gasteiger partial charge on any atom is 0.332 e. The Balaban J connectivity index is 1.66. The minimum absolute atomic E-state index is 0.150. The van der Waals surface area contributed by atoms with Gasteiger partial charge in [-0.25, -0.2) is 24.8 Å². The highest BCUT2D eigenvalue weighted by Gasteiger charge is 2.39. The Hall–Kier alpha value is -2.60. The average Bonchev–Trinajstić information content (AvgIpc) is 3.51. The number of carbonyl (C=O) groups excluding carboxylic acids is 2. The lowest BCUT2D eigenvalue weighted by molar-refractivity contribution is -0.151. The molecule has 2 aromatic heterocycles. The number of nitrogens with zero attached hydrogens (tertiary/aromatic N) is 4. The van der Waals surface area contributed by atoms with Crippen LogP contribution in [-0.2, 0) is 39.4 Å². The smallest absolute Gasteiger partial charge is 0.332 e. The number of carbonyl (C=O) groups is 2. The minimum Gasteiger partial charge on any atom is -0.464 e. The predicted octanol–water partition coefficient (Wildman–Crippen LogP) is 2.79. The van der Waals surface area contributed by atoms with Gasteiger partial charge < -0.3 is 29.0 Å². The number of nitrogens with one attached hydrogen (secondary N) is 1. The number of imidazole rings is 1. The van der Waals surface area contributed by atoms with Gasteiger partial charge in [-0.2, -0.15) is 0 Å². The number of anilines is 1. The SMILES string of the molecule is CCCOC(=O)C(C)(C)NP(=O)(COC(C)Cn1cnc2c(N)ncnc21)OCC(=O)OC1CCCC1. The molecule has 0 spiro atoms. The Morgan fingerprint density at radius 1 is 1.27 bits per heavy atom. The lowest BCUT2D eigenvalue weighted by Crippen LogP contribution is -2.47. The molecule has 0 saturated heterocycles. The van der Waals surface area contributed by atoms with E-state index in [9.17, 15) is 14.2 Å². The van der Waals surface area contributed by atoms with E-state index in [4.69, 9.17) is 24.5 Å². The predicted molar refractivity (Wildman–Crippen MR) is 136 cm³/mol. The van der Waals surface area contributed by atoms with Crippen LogP contribution in [0.15, 0.2) is 12.7 Å². The third kappa shape index (κ3) is 8.19. The molecule has 2 atom stereocenters. The van der Waals surface area contributed by atoms with Crippen molar-refractivity contribution in [3.8, 4) is 0 Å². The molecule has 3 rings (SSSR count). The van der Waals surface area contributed by atoms with Gasteiger partial charge in [0, 0.05) is 0 Å². The molecule has 37 heavy (non-hydrogen) atoms. The van der Waals surface area contributed by atoms with E-state index >= 15 is 0 Å². The largest absolute Gasteiger partial charge is 0.464 e. The van der Waals surface area contributed by atoms with Crippen molar-refractivity contribution in [3.05, 3.63) is 12.7 Å². The van der Waals surface area contributed by atoms with E-state index in [1.165, 1.54) is 20.2 Å². The van der Waals surface area contributed by atoms with Crippen LogP contribution in [0, 0.1) is 0 Å². The van der Waals surface area contributed by atoms with Crippen molar-refractivity contribution in [1.82, 2.24) is 24.6 Å². The van der Waals surface area contributed by atoms with E-state index in [-0.39, 0.29) is 18.5 Å². The van der Waals surface area contributed by atoms with E-state index in [0.717, 1.165) is 25.7 Å². The molecule has 13 nitrogen and oxygen atoms in total. The highest BCUT2D eigenvalue weighted by molar-refractivity contribution is 7.56. The van der Waals surface area contributed by atoms with Gasteiger partial charge in [0.05, 0.1) is 25.6 Å². The summed E-state index contributed by atoms with van der Waals surface area (Å²) in [6.45, 7) is 6.71. The quantitative estimate of drug-likeness (QED) is 0.266. The van der Waals surface area contributed by atoms with Crippen LogP contribution >= 0.6 is 7.52 Å². The molecular weight excluding hydrogens is 503 g/mol. The summed E-state index contributed by atoms with van der Waals surface area (Å²) in [6, 6.07) is 0. The van der Waals surface area contributed by atoms with Crippen molar-refractivity contribution in [2.24, 2.45) is 0 Å². The van der Waals surface area contributed by atoms with Crippen LogP contribution in [-0.4, -0.2) is 68.8 Å². The lowest BCUT2D eigenvalue weighted by Gasteiger charge is -2.30. The highest BCUT2D eigenvalue weighted by Crippen LogP contribution is 2.45. The van der Waals surface area contributed by atoms with Gasteiger partial charge >= 0.3 is 11.9 Å². The normalized spacial score (nSPS) is 17.0. The molecule has 2 heterocycles. The molecule has 1 aliphatic carbocycles. The number of fused-ring (bicyclic) bond motifs is 1. The number of rotatable bonds is 14. The zero-order valence-corrected chi connectivity index (χ0v) is 22.7. The van der Waals surface area contributed by atoms with E-state index < -0.39 is 44.1 Å². The molecule has 2 unspecified atom stereocenters. The van der Waals surface area contributed by atoms with Crippen molar-refractivity contribution in [3.63, 3.8) is 0 Å². The number of esters is 2. The van der Waals surface area contributed by atoms with Gasteiger partial charge in [0.2, 0.25) is 0 Å². The fourth-order valence-electron chi connectivity index (χ4n) is 3.92. The summed E-state index contributed by atoms with van der Waals surface area (Å²) in [5.74, 6) is -0.946. The zero-order valence-electron chi connectivity index (χ0n) is 21.8. The number of hydrogen-bond acceptors (Lipinski definition) is 11. The maximum atomic E-state index is 13.8. The molecule has 2 aromatic rings. The molecule has 1 saturated carbocycles. The van der Waals surface area contributed by atoms with Gasteiger partial charge in [-0.1, -0.05) is 6.92 Å². The van der Waals surface area contributed by atoms with Crippen molar-refractivity contribution in [1.29, 1.82) is 0 Å². The number of ether oxygens (including phenoxy) is 3. The Morgan fingerprint density at radius 3 is 2.70 bits per heavy atom. The summed E-state index contributed by atoms with van der Waals surface area (Å²) in [5.41, 5.74) is 5.49. The first-order valence-corrected chi connectivity index (χ1v) is 14.3. The van der Waals surface area contributed by atoms with Crippen LogP contribution in [0.4, 0.5) is 5.82 Å². The van der Waals surface area contributed by atoms with Crippen LogP contribution < -0.4 is 10.8 Å². The second-order valence-corrected chi connectivity index (χ2v) is 11.7. The minimum atomic E-state index is -3.87. The molecule has 0 aromatic carbocycles. The topological polar surface area (TPSA) is 170 Å². The van der Waals surface area contributed by atoms with Crippen molar-refractivity contribution in [2.75, 3.05) is 25.3 Å². The van der Waals surface area contributed by atoms with Crippen molar-refractivity contribution < 1.29 is 32.9 Å². The van der Waals surface area contributed by atoms with Gasteiger partial charge in [-0.3, -0.25) is 9.36 Å². The number of nitrogens with two attached hydrogens (primary N) is 1. The number of nitrogen functional groups attached to an aromatic ring is 1. The van der Waals surface area contributed by atoms with E-state index in [0.29, 0.717) is 24.1 Å². The summed E-state index contributed by atoms with van der Waals surface area (Å²) in [4.78, 5) is 37.2. The van der Waals surface area contributed by atoms with Gasteiger partial charge in [0.25, 0.3) is 7.52 Å². The molecule has 1 aliphatic rings. The van der Waals surface area contributed by atoms with Crippen LogP contribution in [0.5, 0.6) is 0 Å². The fraction of sp³-hybridized carbons (Fsp3) is 0.696. The van der Waals surface area contributed by atoms with Crippen LogP contribution in [0.2, 0.25) is 0 Å². The molecule has 206 valence electrons. The molecule has 0 aliphatic heterocycles. The van der Waals surface area contributed by atoms with Crippen LogP contribution in [0.25, 0.3) is 11.2 Å². The summed E-state index contributed by atoms with van der Waals surface area (Å²) in [5, 5.41) is 2.75. The summed E-state index contributed by atoms with van der Waals surface area (Å²) in [6.07, 6.45) is 6.15. The van der Waals surface area contributed by atoms with Gasteiger partial charge in [0.1, 0.15) is 29.8 Å². The van der Waals surface area contributed by atoms with Crippen LogP contribution in [0.1, 0.15) is 59.8 Å². The Morgan fingerprint density at radius 2 is 2.00 bits per heavy atom. The van der Waals surface area contributed by atoms with E-state index in [1.807, 2.05) is 6.92 Å². The standard InChI is InChI=1S/C23H37N6O7P/c1-5-10-33-22(31)23(3,4)28-37(32,35-12-18(30)36-17-8-6-7-9-17)15-34-16(2)11-29-14-27-19-20(24)25-13-26-21(19)29/h13-14,16-17H,5-12,15H2,1-4H3,(H,28,32)(H2,24,25,26). The first-order valence-electron chi connectivity index (χ1n) is 12.5. The monoisotopic (exact) mass is 540 g/mol. The summed E-state index contributed by atoms with van der Waals surface area (Å²) < 4.78 is 37.5. The van der Waals surface area contributed by atoms with Gasteiger partial charge in [0.15, 0.2) is 18.1 Å². The fourth-order valence-corrected chi connectivity index (χ4v) is 5.83. The Kier molecular flexibility index (Phi) is 10.00.